The van der Waals surface area contributed by atoms with Gasteiger partial charge in [-0.15, -0.1) is 0 Å². The number of benzene rings is 2. The first-order valence-corrected chi connectivity index (χ1v) is 6.11. The Bertz CT molecular complexity index is 529. The summed E-state index contributed by atoms with van der Waals surface area (Å²) in [7, 11) is 4.06. The fourth-order valence-corrected chi connectivity index (χ4v) is 1.99. The Kier molecular flexibility index (Phi) is 3.56. The number of phenolic OH excluding ortho intramolecular Hbond substituents is 1. The number of aromatic hydroxyl groups is 1. The molecule has 0 saturated heterocycles. The van der Waals surface area contributed by atoms with Crippen LogP contribution < -0.4 is 4.90 Å². The Morgan fingerprint density at radius 3 is 2.28 bits per heavy atom. The Labute approximate surface area is 109 Å². The summed E-state index contributed by atoms with van der Waals surface area (Å²) in [6.45, 7) is 2.04. The summed E-state index contributed by atoms with van der Waals surface area (Å²) in [6.07, 6.45) is 0.765. The predicted molar refractivity (Wildman–Crippen MR) is 76.4 cm³/mol. The first-order chi connectivity index (χ1) is 8.56. The molecule has 1 N–H and O–H groups in total. The molecular formula is C16H19NO. The Morgan fingerprint density at radius 1 is 1.00 bits per heavy atom. The third-order valence-electron chi connectivity index (χ3n) is 3.08. The average Bonchev–Trinajstić information content (AvgIpc) is 2.34. The fourth-order valence-electron chi connectivity index (χ4n) is 1.99. The summed E-state index contributed by atoms with van der Waals surface area (Å²) >= 11 is 0. The maximum absolute atomic E-state index is 9.83. The number of nitrogens with zero attached hydrogens (tertiary/aromatic N) is 1. The van der Waals surface area contributed by atoms with E-state index in [1.165, 1.54) is 16.8 Å². The number of aryl methyl sites for hydroxylation is 1. The molecule has 0 aliphatic rings. The molecule has 0 radical (unpaired) electrons. The second-order valence-electron chi connectivity index (χ2n) is 4.87. The monoisotopic (exact) mass is 241 g/mol. The number of hydrogen-bond acceptors (Lipinski definition) is 2. The van der Waals surface area contributed by atoms with E-state index < -0.39 is 0 Å². The predicted octanol–water partition coefficient (Wildman–Crippen LogP) is 3.36. The van der Waals surface area contributed by atoms with Gasteiger partial charge in [-0.1, -0.05) is 29.8 Å². The van der Waals surface area contributed by atoms with Crippen molar-refractivity contribution in [3.05, 3.63) is 59.2 Å². The molecule has 0 amide bonds. The highest BCUT2D eigenvalue weighted by atomic mass is 16.3. The van der Waals surface area contributed by atoms with Gasteiger partial charge in [-0.05, 0) is 36.2 Å². The van der Waals surface area contributed by atoms with Crippen LogP contribution in [0.3, 0.4) is 0 Å². The molecule has 0 bridgehead atoms. The van der Waals surface area contributed by atoms with Gasteiger partial charge in [0.1, 0.15) is 5.75 Å². The molecule has 2 aromatic carbocycles. The molecule has 2 nitrogen and oxygen atoms in total. The molecule has 2 aromatic rings. The lowest BCUT2D eigenvalue weighted by molar-refractivity contribution is 0.469. The highest BCUT2D eigenvalue weighted by molar-refractivity contribution is 5.47. The zero-order valence-corrected chi connectivity index (χ0v) is 11.1. The van der Waals surface area contributed by atoms with Crippen molar-refractivity contribution in [1.82, 2.24) is 0 Å². The van der Waals surface area contributed by atoms with Gasteiger partial charge in [0, 0.05) is 26.2 Å². The van der Waals surface area contributed by atoms with Crippen molar-refractivity contribution < 1.29 is 5.11 Å². The summed E-state index contributed by atoms with van der Waals surface area (Å²) in [4.78, 5) is 2.08. The second kappa shape index (κ2) is 5.13. The summed E-state index contributed by atoms with van der Waals surface area (Å²) in [5, 5.41) is 9.83. The van der Waals surface area contributed by atoms with E-state index in [1.807, 2.05) is 33.2 Å². The summed E-state index contributed by atoms with van der Waals surface area (Å²) < 4.78 is 0. The highest BCUT2D eigenvalue weighted by Crippen LogP contribution is 2.22. The van der Waals surface area contributed by atoms with Gasteiger partial charge < -0.3 is 10.0 Å². The number of hydrogen-bond donors (Lipinski definition) is 1. The van der Waals surface area contributed by atoms with Crippen molar-refractivity contribution in [2.75, 3.05) is 19.0 Å². The van der Waals surface area contributed by atoms with Crippen LogP contribution in [0.15, 0.2) is 42.5 Å². The van der Waals surface area contributed by atoms with Crippen molar-refractivity contribution in [3.63, 3.8) is 0 Å². The SMILES string of the molecule is Cc1ccc(O)c(Cc2ccc(N(C)C)cc2)c1. The van der Waals surface area contributed by atoms with Gasteiger partial charge in [-0.2, -0.15) is 0 Å². The molecule has 18 heavy (non-hydrogen) atoms. The van der Waals surface area contributed by atoms with Crippen LogP contribution in [0.4, 0.5) is 5.69 Å². The molecule has 0 aromatic heterocycles. The van der Waals surface area contributed by atoms with Crippen molar-refractivity contribution in [1.29, 1.82) is 0 Å². The molecule has 0 heterocycles. The molecule has 2 rings (SSSR count). The highest BCUT2D eigenvalue weighted by Gasteiger charge is 2.03. The minimum absolute atomic E-state index is 0.372. The largest absolute Gasteiger partial charge is 0.508 e. The van der Waals surface area contributed by atoms with Crippen LogP contribution in [-0.2, 0) is 6.42 Å². The lowest BCUT2D eigenvalue weighted by Gasteiger charge is -2.13. The molecule has 0 aliphatic carbocycles. The number of phenols is 1. The first kappa shape index (κ1) is 12.5. The smallest absolute Gasteiger partial charge is 0.119 e. The molecule has 0 atom stereocenters. The van der Waals surface area contributed by atoms with Crippen LogP contribution >= 0.6 is 0 Å². The van der Waals surface area contributed by atoms with Crippen LogP contribution in [0.25, 0.3) is 0 Å². The van der Waals surface area contributed by atoms with Gasteiger partial charge >= 0.3 is 0 Å². The standard InChI is InChI=1S/C16H19NO/c1-12-4-9-16(18)14(10-12)11-13-5-7-15(8-6-13)17(2)3/h4-10,18H,11H2,1-3H3. The molecule has 0 spiro atoms. The summed E-state index contributed by atoms with van der Waals surface area (Å²) in [5.41, 5.74) is 4.55. The van der Waals surface area contributed by atoms with E-state index in [1.54, 1.807) is 6.07 Å². The second-order valence-corrected chi connectivity index (χ2v) is 4.87. The molecule has 94 valence electrons. The van der Waals surface area contributed by atoms with E-state index >= 15 is 0 Å². The Morgan fingerprint density at radius 2 is 1.67 bits per heavy atom. The molecular weight excluding hydrogens is 222 g/mol. The minimum Gasteiger partial charge on any atom is -0.508 e. The van der Waals surface area contributed by atoms with Crippen LogP contribution in [0, 0.1) is 6.92 Å². The zero-order chi connectivity index (χ0) is 13.1. The average molecular weight is 241 g/mol. The summed E-state index contributed by atoms with van der Waals surface area (Å²) in [5.74, 6) is 0.372. The first-order valence-electron chi connectivity index (χ1n) is 6.11. The van der Waals surface area contributed by atoms with Crippen LogP contribution in [-0.4, -0.2) is 19.2 Å². The van der Waals surface area contributed by atoms with Gasteiger partial charge in [0.15, 0.2) is 0 Å². The zero-order valence-electron chi connectivity index (χ0n) is 11.1. The maximum Gasteiger partial charge on any atom is 0.119 e. The normalized spacial score (nSPS) is 10.4. The number of anilines is 1. The molecule has 0 aliphatic heterocycles. The Hall–Kier alpha value is -1.96. The van der Waals surface area contributed by atoms with Crippen molar-refractivity contribution in [2.45, 2.75) is 13.3 Å². The van der Waals surface area contributed by atoms with Gasteiger partial charge in [0.2, 0.25) is 0 Å². The van der Waals surface area contributed by atoms with E-state index in [0.717, 1.165) is 12.0 Å². The lowest BCUT2D eigenvalue weighted by atomic mass is 10.0. The maximum atomic E-state index is 9.83. The van der Waals surface area contributed by atoms with E-state index in [4.69, 9.17) is 0 Å². The van der Waals surface area contributed by atoms with Crippen molar-refractivity contribution in [2.24, 2.45) is 0 Å². The minimum atomic E-state index is 0.372. The van der Waals surface area contributed by atoms with Gasteiger partial charge in [-0.25, -0.2) is 0 Å². The van der Waals surface area contributed by atoms with E-state index in [0.29, 0.717) is 5.75 Å². The third kappa shape index (κ3) is 2.83. The van der Waals surface area contributed by atoms with Gasteiger partial charge in [0.25, 0.3) is 0 Å². The van der Waals surface area contributed by atoms with Crippen LogP contribution in [0.5, 0.6) is 5.75 Å². The van der Waals surface area contributed by atoms with Crippen LogP contribution in [0.2, 0.25) is 0 Å². The number of rotatable bonds is 3. The molecule has 0 fully saturated rings. The van der Waals surface area contributed by atoms with Crippen molar-refractivity contribution >= 4 is 5.69 Å². The lowest BCUT2D eigenvalue weighted by Crippen LogP contribution is -2.08. The molecule has 2 heteroatoms. The Balaban J connectivity index is 2.21. The van der Waals surface area contributed by atoms with Crippen molar-refractivity contribution in [3.8, 4) is 5.75 Å². The van der Waals surface area contributed by atoms with Gasteiger partial charge in [0.05, 0.1) is 0 Å². The van der Waals surface area contributed by atoms with E-state index in [9.17, 15) is 5.11 Å². The van der Waals surface area contributed by atoms with E-state index in [2.05, 4.69) is 29.2 Å². The van der Waals surface area contributed by atoms with Crippen LogP contribution in [0.1, 0.15) is 16.7 Å². The van der Waals surface area contributed by atoms with E-state index in [-0.39, 0.29) is 0 Å². The topological polar surface area (TPSA) is 23.5 Å². The molecule has 0 saturated carbocycles. The fraction of sp³-hybridized carbons (Fsp3) is 0.250. The van der Waals surface area contributed by atoms with Gasteiger partial charge in [-0.3, -0.25) is 0 Å². The summed E-state index contributed by atoms with van der Waals surface area (Å²) in [6, 6.07) is 14.1. The third-order valence-corrected chi connectivity index (χ3v) is 3.08. The quantitative estimate of drug-likeness (QED) is 0.890. The molecule has 0 unspecified atom stereocenters.